The first-order valence-electron chi connectivity index (χ1n) is 6.23. The van der Waals surface area contributed by atoms with E-state index in [1.165, 1.54) is 12.1 Å². The second-order valence-corrected chi connectivity index (χ2v) is 4.67. The van der Waals surface area contributed by atoms with Crippen molar-refractivity contribution in [1.29, 1.82) is 5.26 Å². The molecule has 0 aromatic heterocycles. The first kappa shape index (κ1) is 14.0. The van der Waals surface area contributed by atoms with Crippen molar-refractivity contribution in [3.63, 3.8) is 0 Å². The molecule has 1 unspecified atom stereocenters. The Kier molecular flexibility index (Phi) is 3.99. The lowest BCUT2D eigenvalue weighted by Crippen LogP contribution is -2.10. The Morgan fingerprint density at radius 1 is 1.15 bits per heavy atom. The fourth-order valence-corrected chi connectivity index (χ4v) is 2.01. The summed E-state index contributed by atoms with van der Waals surface area (Å²) in [5.74, 6) is -1.18. The number of halogens is 2. The number of anilines is 1. The van der Waals surface area contributed by atoms with Gasteiger partial charge in [-0.15, -0.1) is 0 Å². The first-order chi connectivity index (χ1) is 9.51. The number of nitrogens with zero attached hydrogens (tertiary/aromatic N) is 1. The molecule has 2 nitrogen and oxygen atoms in total. The molecule has 0 saturated carbocycles. The van der Waals surface area contributed by atoms with Crippen molar-refractivity contribution < 1.29 is 8.78 Å². The fourth-order valence-electron chi connectivity index (χ4n) is 2.01. The molecule has 2 aromatic rings. The normalized spacial score (nSPS) is 11.8. The second-order valence-electron chi connectivity index (χ2n) is 4.67. The van der Waals surface area contributed by atoms with E-state index in [4.69, 9.17) is 5.26 Å². The predicted octanol–water partition coefficient (Wildman–Crippen LogP) is 4.32. The van der Waals surface area contributed by atoms with Crippen LogP contribution in [-0.4, -0.2) is 0 Å². The highest BCUT2D eigenvalue weighted by atomic mass is 19.1. The molecule has 0 aliphatic heterocycles. The lowest BCUT2D eigenvalue weighted by molar-refractivity contribution is 0.566. The molecule has 0 amide bonds. The SMILES string of the molecule is Cc1ccc(C#N)cc1NC(C)c1ccc(F)cc1F. The Labute approximate surface area is 116 Å². The molecule has 2 aromatic carbocycles. The molecule has 0 heterocycles. The summed E-state index contributed by atoms with van der Waals surface area (Å²) in [6.07, 6.45) is 0. The highest BCUT2D eigenvalue weighted by molar-refractivity contribution is 5.56. The van der Waals surface area contributed by atoms with Gasteiger partial charge in [-0.05, 0) is 37.6 Å². The van der Waals surface area contributed by atoms with Crippen LogP contribution in [0.2, 0.25) is 0 Å². The summed E-state index contributed by atoms with van der Waals surface area (Å²) in [4.78, 5) is 0. The Balaban J connectivity index is 2.27. The first-order valence-corrected chi connectivity index (χ1v) is 6.23. The van der Waals surface area contributed by atoms with Crippen molar-refractivity contribution in [3.05, 3.63) is 64.7 Å². The molecule has 2 rings (SSSR count). The third-order valence-corrected chi connectivity index (χ3v) is 3.17. The quantitative estimate of drug-likeness (QED) is 0.903. The van der Waals surface area contributed by atoms with Gasteiger partial charge >= 0.3 is 0 Å². The van der Waals surface area contributed by atoms with Gasteiger partial charge in [-0.25, -0.2) is 8.78 Å². The van der Waals surface area contributed by atoms with E-state index in [0.717, 1.165) is 17.3 Å². The van der Waals surface area contributed by atoms with Crippen molar-refractivity contribution >= 4 is 5.69 Å². The average Bonchev–Trinajstić information content (AvgIpc) is 2.41. The van der Waals surface area contributed by atoms with Crippen LogP contribution < -0.4 is 5.32 Å². The van der Waals surface area contributed by atoms with Gasteiger partial charge in [0.15, 0.2) is 0 Å². The second kappa shape index (κ2) is 5.70. The maximum atomic E-state index is 13.7. The fraction of sp³-hybridized carbons (Fsp3) is 0.188. The van der Waals surface area contributed by atoms with E-state index in [1.54, 1.807) is 19.1 Å². The summed E-state index contributed by atoms with van der Waals surface area (Å²) in [5.41, 5.74) is 2.64. The molecular formula is C16H14F2N2. The molecule has 102 valence electrons. The van der Waals surface area contributed by atoms with Crippen LogP contribution in [0.5, 0.6) is 0 Å². The molecule has 0 saturated heterocycles. The minimum absolute atomic E-state index is 0.330. The van der Waals surface area contributed by atoms with Crippen molar-refractivity contribution in [1.82, 2.24) is 0 Å². The van der Waals surface area contributed by atoms with Crippen molar-refractivity contribution in [3.8, 4) is 6.07 Å². The van der Waals surface area contributed by atoms with Crippen LogP contribution in [0.1, 0.15) is 29.7 Å². The molecule has 0 radical (unpaired) electrons. The van der Waals surface area contributed by atoms with Crippen molar-refractivity contribution in [2.75, 3.05) is 5.32 Å². The number of nitriles is 1. The lowest BCUT2D eigenvalue weighted by Gasteiger charge is -2.18. The Bertz CT molecular complexity index is 675. The van der Waals surface area contributed by atoms with Crippen LogP contribution in [0, 0.1) is 29.9 Å². The van der Waals surface area contributed by atoms with E-state index in [2.05, 4.69) is 11.4 Å². The van der Waals surface area contributed by atoms with E-state index in [-0.39, 0.29) is 6.04 Å². The molecule has 4 heteroatoms. The number of rotatable bonds is 3. The van der Waals surface area contributed by atoms with E-state index < -0.39 is 11.6 Å². The van der Waals surface area contributed by atoms with Gasteiger partial charge < -0.3 is 5.32 Å². The number of hydrogen-bond donors (Lipinski definition) is 1. The molecule has 0 fully saturated rings. The van der Waals surface area contributed by atoms with Gasteiger partial charge in [-0.1, -0.05) is 12.1 Å². The monoisotopic (exact) mass is 272 g/mol. The number of nitrogens with one attached hydrogen (secondary N) is 1. The third-order valence-electron chi connectivity index (χ3n) is 3.17. The van der Waals surface area contributed by atoms with E-state index in [1.807, 2.05) is 13.0 Å². The van der Waals surface area contributed by atoms with E-state index in [9.17, 15) is 8.78 Å². The summed E-state index contributed by atoms with van der Waals surface area (Å²) in [6.45, 7) is 3.69. The van der Waals surface area contributed by atoms with Crippen LogP contribution >= 0.6 is 0 Å². The van der Waals surface area contributed by atoms with Gasteiger partial charge in [0.05, 0.1) is 17.7 Å². The molecule has 1 N–H and O–H groups in total. The molecule has 0 aliphatic rings. The topological polar surface area (TPSA) is 35.8 Å². The average molecular weight is 272 g/mol. The van der Waals surface area contributed by atoms with Crippen LogP contribution in [0.3, 0.4) is 0 Å². The summed E-state index contributed by atoms with van der Waals surface area (Å²) in [5, 5.41) is 12.0. The number of benzene rings is 2. The highest BCUT2D eigenvalue weighted by Crippen LogP contribution is 2.25. The molecular weight excluding hydrogens is 258 g/mol. The minimum atomic E-state index is -0.596. The van der Waals surface area contributed by atoms with E-state index in [0.29, 0.717) is 11.1 Å². The van der Waals surface area contributed by atoms with E-state index >= 15 is 0 Å². The maximum Gasteiger partial charge on any atom is 0.131 e. The van der Waals surface area contributed by atoms with Crippen LogP contribution in [0.15, 0.2) is 36.4 Å². The molecule has 20 heavy (non-hydrogen) atoms. The van der Waals surface area contributed by atoms with Gasteiger partial charge in [-0.3, -0.25) is 0 Å². The largest absolute Gasteiger partial charge is 0.378 e. The van der Waals surface area contributed by atoms with Crippen LogP contribution in [-0.2, 0) is 0 Å². The zero-order valence-corrected chi connectivity index (χ0v) is 11.2. The van der Waals surface area contributed by atoms with Crippen molar-refractivity contribution in [2.24, 2.45) is 0 Å². The van der Waals surface area contributed by atoms with Crippen LogP contribution in [0.25, 0.3) is 0 Å². The van der Waals surface area contributed by atoms with Gasteiger partial charge in [0.1, 0.15) is 11.6 Å². The highest BCUT2D eigenvalue weighted by Gasteiger charge is 2.12. The third kappa shape index (κ3) is 2.94. The standard InChI is InChI=1S/C16H14F2N2/c1-10-3-4-12(9-19)7-16(10)20-11(2)14-6-5-13(17)8-15(14)18/h3-8,11,20H,1-2H3. The predicted molar refractivity (Wildman–Crippen MR) is 74.3 cm³/mol. The summed E-state index contributed by atoms with van der Waals surface area (Å²) in [6, 6.07) is 10.5. The molecule has 0 spiro atoms. The minimum Gasteiger partial charge on any atom is -0.378 e. The smallest absolute Gasteiger partial charge is 0.131 e. The molecule has 1 atom stereocenters. The summed E-state index contributed by atoms with van der Waals surface area (Å²) >= 11 is 0. The summed E-state index contributed by atoms with van der Waals surface area (Å²) in [7, 11) is 0. The Hall–Kier alpha value is -2.41. The van der Waals surface area contributed by atoms with Crippen LogP contribution in [0.4, 0.5) is 14.5 Å². The maximum absolute atomic E-state index is 13.7. The van der Waals surface area contributed by atoms with Gasteiger partial charge in [-0.2, -0.15) is 5.26 Å². The molecule has 0 bridgehead atoms. The van der Waals surface area contributed by atoms with Gasteiger partial charge in [0, 0.05) is 17.3 Å². The Morgan fingerprint density at radius 3 is 2.55 bits per heavy atom. The zero-order valence-electron chi connectivity index (χ0n) is 11.2. The zero-order chi connectivity index (χ0) is 14.7. The summed E-state index contributed by atoms with van der Waals surface area (Å²) < 4.78 is 26.6. The van der Waals surface area contributed by atoms with Gasteiger partial charge in [0.25, 0.3) is 0 Å². The molecule has 0 aliphatic carbocycles. The van der Waals surface area contributed by atoms with Gasteiger partial charge in [0.2, 0.25) is 0 Å². The number of aryl methyl sites for hydroxylation is 1. The Morgan fingerprint density at radius 2 is 1.90 bits per heavy atom. The lowest BCUT2D eigenvalue weighted by atomic mass is 10.1. The number of hydrogen-bond acceptors (Lipinski definition) is 2. The van der Waals surface area contributed by atoms with Crippen molar-refractivity contribution in [2.45, 2.75) is 19.9 Å².